The van der Waals surface area contributed by atoms with Gasteiger partial charge in [-0.25, -0.2) is 9.69 Å². The molecule has 9 atom stereocenters. The van der Waals surface area contributed by atoms with Crippen LogP contribution in [0.4, 0.5) is 10.5 Å². The molecule has 2 bridgehead atoms. The van der Waals surface area contributed by atoms with Gasteiger partial charge in [0.2, 0.25) is 5.91 Å². The highest BCUT2D eigenvalue weighted by atomic mass is 16.2. The number of hydrogen-bond acceptors (Lipinski definition) is 3. The molecule has 0 aromatic heterocycles. The van der Waals surface area contributed by atoms with Crippen LogP contribution < -0.4 is 15.5 Å². The first-order valence-electron chi connectivity index (χ1n) is 12.6. The number of hydrogen-bond donors (Lipinski definition) is 2. The van der Waals surface area contributed by atoms with Crippen LogP contribution in [0.3, 0.4) is 0 Å². The lowest BCUT2D eigenvalue weighted by Gasteiger charge is -2.47. The van der Waals surface area contributed by atoms with E-state index < -0.39 is 5.54 Å². The van der Waals surface area contributed by atoms with Gasteiger partial charge in [0, 0.05) is 12.5 Å². The Hall–Kier alpha value is -2.37. The van der Waals surface area contributed by atoms with Gasteiger partial charge in [-0.05, 0) is 90.7 Å². The highest BCUT2D eigenvalue weighted by Crippen LogP contribution is 2.84. The number of imide groups is 1. The van der Waals surface area contributed by atoms with Crippen LogP contribution in [0.5, 0.6) is 0 Å². The molecule has 7 fully saturated rings. The van der Waals surface area contributed by atoms with Crippen molar-refractivity contribution in [2.24, 2.45) is 53.3 Å². The molecule has 0 radical (unpaired) electrons. The molecule has 4 amide bonds. The van der Waals surface area contributed by atoms with Crippen molar-refractivity contribution in [3.05, 3.63) is 29.8 Å². The quantitative estimate of drug-likeness (QED) is 0.720. The Bertz CT molecular complexity index is 1070. The first-order valence-corrected chi connectivity index (χ1v) is 12.6. The molecule has 8 rings (SSSR count). The van der Waals surface area contributed by atoms with Crippen LogP contribution in [0.25, 0.3) is 0 Å². The zero-order valence-corrected chi connectivity index (χ0v) is 18.1. The van der Waals surface area contributed by atoms with E-state index >= 15 is 0 Å². The number of carbonyl (C=O) groups excluding carboxylic acids is 3. The zero-order valence-electron chi connectivity index (χ0n) is 18.1. The van der Waals surface area contributed by atoms with Gasteiger partial charge in [-0.3, -0.25) is 9.59 Å². The number of nitrogens with one attached hydrogen (secondary N) is 2. The van der Waals surface area contributed by atoms with E-state index in [1.54, 1.807) is 0 Å². The van der Waals surface area contributed by atoms with E-state index in [1.165, 1.54) is 17.7 Å². The number of rotatable bonds is 4. The Morgan fingerprint density at radius 1 is 1.00 bits per heavy atom. The van der Waals surface area contributed by atoms with Crippen molar-refractivity contribution in [1.29, 1.82) is 0 Å². The smallest absolute Gasteiger partial charge is 0.329 e. The van der Waals surface area contributed by atoms with Crippen LogP contribution in [-0.4, -0.2) is 23.4 Å². The number of carbonyl (C=O) groups is 3. The molecule has 1 saturated heterocycles. The van der Waals surface area contributed by atoms with E-state index in [2.05, 4.69) is 10.6 Å². The molecule has 6 heteroatoms. The lowest BCUT2D eigenvalue weighted by atomic mass is 9.57. The zero-order chi connectivity index (χ0) is 21.4. The Labute approximate surface area is 187 Å². The molecule has 6 nitrogen and oxygen atoms in total. The van der Waals surface area contributed by atoms with E-state index in [1.807, 2.05) is 24.3 Å². The van der Waals surface area contributed by atoms with Crippen molar-refractivity contribution >= 4 is 23.5 Å². The fraction of sp³-hybridized carbons (Fsp3) is 0.654. The summed E-state index contributed by atoms with van der Waals surface area (Å²) in [6.07, 6.45) is 6.19. The predicted molar refractivity (Wildman–Crippen MR) is 116 cm³/mol. The Morgan fingerprint density at radius 3 is 2.56 bits per heavy atom. The van der Waals surface area contributed by atoms with Crippen molar-refractivity contribution in [2.75, 3.05) is 4.90 Å². The highest BCUT2D eigenvalue weighted by molar-refractivity contribution is 6.23. The minimum atomic E-state index is -0.705. The van der Waals surface area contributed by atoms with Crippen LogP contribution in [0.15, 0.2) is 24.3 Å². The maximum atomic E-state index is 13.3. The summed E-state index contributed by atoms with van der Waals surface area (Å²) in [6.45, 7) is 0.453. The van der Waals surface area contributed by atoms with Crippen LogP contribution in [-0.2, 0) is 16.1 Å². The molecule has 166 valence electrons. The van der Waals surface area contributed by atoms with E-state index in [0.29, 0.717) is 24.1 Å². The number of benzene rings is 1. The van der Waals surface area contributed by atoms with E-state index in [4.69, 9.17) is 0 Å². The molecule has 6 aliphatic carbocycles. The first-order chi connectivity index (χ1) is 15.6. The summed E-state index contributed by atoms with van der Waals surface area (Å²) in [6, 6.07) is 7.21. The van der Waals surface area contributed by atoms with Gasteiger partial charge in [0.05, 0.1) is 5.69 Å². The third kappa shape index (κ3) is 1.93. The fourth-order valence-corrected chi connectivity index (χ4v) is 10.1. The van der Waals surface area contributed by atoms with E-state index in [-0.39, 0.29) is 23.8 Å². The maximum Gasteiger partial charge on any atom is 0.329 e. The average molecular weight is 432 g/mol. The third-order valence-corrected chi connectivity index (χ3v) is 10.9. The van der Waals surface area contributed by atoms with Crippen molar-refractivity contribution in [3.8, 4) is 0 Å². The lowest BCUT2D eigenvalue weighted by molar-refractivity contribution is -0.132. The summed E-state index contributed by atoms with van der Waals surface area (Å²) in [5.74, 6) is 6.90. The van der Waals surface area contributed by atoms with Crippen molar-refractivity contribution in [2.45, 2.75) is 50.6 Å². The summed E-state index contributed by atoms with van der Waals surface area (Å²) in [5, 5.41) is 6.18. The second-order valence-electron chi connectivity index (χ2n) is 11.7. The van der Waals surface area contributed by atoms with Crippen LogP contribution in [0.2, 0.25) is 0 Å². The summed E-state index contributed by atoms with van der Waals surface area (Å²) >= 11 is 0. The number of anilines is 1. The molecule has 1 aromatic carbocycles. The first kappa shape index (κ1) is 18.1. The molecule has 7 aliphatic rings. The summed E-state index contributed by atoms with van der Waals surface area (Å²) < 4.78 is 0. The largest absolute Gasteiger partial charge is 0.352 e. The van der Waals surface area contributed by atoms with Crippen LogP contribution in [0, 0.1) is 53.3 Å². The van der Waals surface area contributed by atoms with Crippen molar-refractivity contribution < 1.29 is 14.4 Å². The van der Waals surface area contributed by atoms with Gasteiger partial charge in [0.25, 0.3) is 5.91 Å². The summed E-state index contributed by atoms with van der Waals surface area (Å²) in [5.41, 5.74) is 0.832. The normalized spacial score (nSPS) is 45.2. The van der Waals surface area contributed by atoms with Gasteiger partial charge in [0.1, 0.15) is 5.54 Å². The molecular weight excluding hydrogens is 402 g/mol. The molecule has 6 saturated carbocycles. The maximum absolute atomic E-state index is 13.3. The molecule has 1 aliphatic heterocycles. The van der Waals surface area contributed by atoms with Crippen molar-refractivity contribution in [1.82, 2.24) is 10.6 Å². The fourth-order valence-electron chi connectivity index (χ4n) is 10.1. The number of amides is 4. The Morgan fingerprint density at radius 2 is 1.75 bits per heavy atom. The van der Waals surface area contributed by atoms with Crippen LogP contribution >= 0.6 is 0 Å². The monoisotopic (exact) mass is 431 g/mol. The highest BCUT2D eigenvalue weighted by Gasteiger charge is 2.81. The average Bonchev–Trinajstić information content (AvgIpc) is 3.52. The Balaban J connectivity index is 0.995. The summed E-state index contributed by atoms with van der Waals surface area (Å²) in [4.78, 5) is 40.3. The molecule has 2 N–H and O–H groups in total. The standard InChI is InChI=1S/C26H29N3O3/c30-23(22-19-15-10-16-18-14(15)9-17(19)20(18)21(16)22)27-11-12-4-3-5-13(8-12)29-24(31)26(28-25(29)32)6-1-2-7-26/h3-5,8,14-22H,1-2,6-7,9-11H2,(H,27,30)(H,28,32). The van der Waals surface area contributed by atoms with Gasteiger partial charge in [-0.15, -0.1) is 0 Å². The van der Waals surface area contributed by atoms with Gasteiger partial charge < -0.3 is 10.6 Å². The molecule has 1 spiro atoms. The number of urea groups is 1. The van der Waals surface area contributed by atoms with E-state index in [0.717, 1.165) is 66.8 Å². The lowest BCUT2D eigenvalue weighted by Crippen LogP contribution is -2.48. The molecule has 1 aromatic rings. The van der Waals surface area contributed by atoms with Crippen molar-refractivity contribution in [3.63, 3.8) is 0 Å². The third-order valence-electron chi connectivity index (χ3n) is 10.9. The molecule has 32 heavy (non-hydrogen) atoms. The molecular formula is C26H29N3O3. The minimum absolute atomic E-state index is 0.128. The molecule has 1 heterocycles. The predicted octanol–water partition coefficient (Wildman–Crippen LogP) is 3.07. The number of fused-ring (bicyclic) bond motifs is 2. The second-order valence-corrected chi connectivity index (χ2v) is 11.7. The van der Waals surface area contributed by atoms with Gasteiger partial charge in [-0.2, -0.15) is 0 Å². The minimum Gasteiger partial charge on any atom is -0.352 e. The van der Waals surface area contributed by atoms with E-state index in [9.17, 15) is 14.4 Å². The SMILES string of the molecule is O=C(NCc1cccc(N2C(=O)NC3(CCCC3)C2=O)c1)C1C2C3CC4C5C3CC2C5C41. The Kier molecular flexibility index (Phi) is 3.25. The van der Waals surface area contributed by atoms with Gasteiger partial charge in [0.15, 0.2) is 0 Å². The number of nitrogens with zero attached hydrogens (tertiary/aromatic N) is 1. The topological polar surface area (TPSA) is 78.5 Å². The van der Waals surface area contributed by atoms with Gasteiger partial charge in [-0.1, -0.05) is 25.0 Å². The second kappa shape index (κ2) is 5.75. The van der Waals surface area contributed by atoms with Gasteiger partial charge >= 0.3 is 6.03 Å². The van der Waals surface area contributed by atoms with Crippen LogP contribution in [0.1, 0.15) is 44.1 Å². The summed E-state index contributed by atoms with van der Waals surface area (Å²) in [7, 11) is 0. The molecule has 9 unspecified atom stereocenters.